The van der Waals surface area contributed by atoms with E-state index in [9.17, 15) is 4.79 Å². The maximum atomic E-state index is 12.7. The number of amides is 1. The standard InChI is InChI=1S/C22H24ClNO4/c1-4-28-20-12-15(11-19(23)22(20)27-3)5-8-21(25)24-10-9-16-6-7-18(26-2)13-17(16)14-24/h5-8,11-13H,4,9-10,14H2,1-3H3/b8-5+. The molecule has 0 N–H and O–H groups in total. The van der Waals surface area contributed by atoms with Crippen molar-refractivity contribution >= 4 is 23.6 Å². The lowest BCUT2D eigenvalue weighted by Crippen LogP contribution is -2.34. The van der Waals surface area contributed by atoms with Gasteiger partial charge in [0, 0.05) is 19.2 Å². The molecule has 0 radical (unpaired) electrons. The number of methoxy groups -OCH3 is 2. The Labute approximate surface area is 170 Å². The summed E-state index contributed by atoms with van der Waals surface area (Å²) in [5, 5.41) is 0.444. The fraction of sp³-hybridized carbons (Fsp3) is 0.318. The number of nitrogens with zero attached hydrogens (tertiary/aromatic N) is 1. The molecule has 1 aliphatic heterocycles. The number of fused-ring (bicyclic) bond motifs is 1. The Hall–Kier alpha value is -2.66. The van der Waals surface area contributed by atoms with Crippen LogP contribution in [0.5, 0.6) is 17.2 Å². The Morgan fingerprint density at radius 3 is 2.71 bits per heavy atom. The summed E-state index contributed by atoms with van der Waals surface area (Å²) in [6, 6.07) is 9.59. The third-order valence-corrected chi connectivity index (χ3v) is 4.97. The highest BCUT2D eigenvalue weighted by molar-refractivity contribution is 6.32. The first kappa shape index (κ1) is 20.1. The largest absolute Gasteiger partial charge is 0.497 e. The number of carbonyl (C=O) groups excluding carboxylic acids is 1. The summed E-state index contributed by atoms with van der Waals surface area (Å²) < 4.78 is 16.2. The van der Waals surface area contributed by atoms with E-state index in [0.717, 1.165) is 23.3 Å². The summed E-state index contributed by atoms with van der Waals surface area (Å²) in [5.74, 6) is 1.82. The Balaban J connectivity index is 1.75. The van der Waals surface area contributed by atoms with Gasteiger partial charge in [-0.05, 0) is 60.4 Å². The van der Waals surface area contributed by atoms with Crippen molar-refractivity contribution < 1.29 is 19.0 Å². The van der Waals surface area contributed by atoms with Crippen molar-refractivity contribution in [2.24, 2.45) is 0 Å². The lowest BCUT2D eigenvalue weighted by Gasteiger charge is -2.28. The monoisotopic (exact) mass is 401 g/mol. The molecule has 0 saturated heterocycles. The highest BCUT2D eigenvalue weighted by Gasteiger charge is 2.19. The van der Waals surface area contributed by atoms with E-state index in [2.05, 4.69) is 6.07 Å². The number of ether oxygens (including phenoxy) is 3. The summed E-state index contributed by atoms with van der Waals surface area (Å²) in [6.45, 7) is 3.65. The third kappa shape index (κ3) is 4.42. The van der Waals surface area contributed by atoms with Crippen molar-refractivity contribution in [3.8, 4) is 17.2 Å². The number of benzene rings is 2. The van der Waals surface area contributed by atoms with Crippen molar-refractivity contribution in [3.05, 3.63) is 58.1 Å². The van der Waals surface area contributed by atoms with E-state index in [0.29, 0.717) is 36.2 Å². The second-order valence-electron chi connectivity index (χ2n) is 6.44. The van der Waals surface area contributed by atoms with E-state index >= 15 is 0 Å². The molecule has 0 saturated carbocycles. The molecule has 2 aromatic carbocycles. The van der Waals surface area contributed by atoms with Crippen LogP contribution >= 0.6 is 11.6 Å². The molecule has 148 valence electrons. The van der Waals surface area contributed by atoms with E-state index in [1.807, 2.05) is 30.0 Å². The molecule has 0 fully saturated rings. The number of halogens is 1. The first-order valence-electron chi connectivity index (χ1n) is 9.18. The fourth-order valence-electron chi connectivity index (χ4n) is 3.27. The molecule has 5 nitrogen and oxygen atoms in total. The van der Waals surface area contributed by atoms with Crippen molar-refractivity contribution in [2.75, 3.05) is 27.4 Å². The van der Waals surface area contributed by atoms with Gasteiger partial charge in [-0.1, -0.05) is 17.7 Å². The predicted octanol–water partition coefficient (Wildman–Crippen LogP) is 4.35. The number of hydrogen-bond acceptors (Lipinski definition) is 4. The molecule has 1 amide bonds. The topological polar surface area (TPSA) is 48.0 Å². The minimum absolute atomic E-state index is 0.0432. The van der Waals surface area contributed by atoms with Gasteiger partial charge < -0.3 is 19.1 Å². The van der Waals surface area contributed by atoms with Crippen LogP contribution in [0.3, 0.4) is 0 Å². The van der Waals surface area contributed by atoms with Crippen LogP contribution in [0.2, 0.25) is 5.02 Å². The van der Waals surface area contributed by atoms with Gasteiger partial charge in [0.25, 0.3) is 0 Å². The van der Waals surface area contributed by atoms with Crippen molar-refractivity contribution in [2.45, 2.75) is 19.9 Å². The molecule has 0 spiro atoms. The quantitative estimate of drug-likeness (QED) is 0.675. The summed E-state index contributed by atoms with van der Waals surface area (Å²) >= 11 is 6.27. The summed E-state index contributed by atoms with van der Waals surface area (Å²) in [5.41, 5.74) is 3.16. The first-order chi connectivity index (χ1) is 13.5. The molecule has 0 atom stereocenters. The van der Waals surface area contributed by atoms with Crippen LogP contribution in [-0.2, 0) is 17.8 Å². The molecular formula is C22H24ClNO4. The van der Waals surface area contributed by atoms with Crippen LogP contribution in [0.4, 0.5) is 0 Å². The van der Waals surface area contributed by atoms with E-state index in [4.69, 9.17) is 25.8 Å². The third-order valence-electron chi connectivity index (χ3n) is 4.69. The minimum atomic E-state index is -0.0432. The number of carbonyl (C=O) groups is 1. The Morgan fingerprint density at radius 2 is 2.00 bits per heavy atom. The lowest BCUT2D eigenvalue weighted by molar-refractivity contribution is -0.126. The van der Waals surface area contributed by atoms with Gasteiger partial charge in [-0.15, -0.1) is 0 Å². The Morgan fingerprint density at radius 1 is 1.18 bits per heavy atom. The minimum Gasteiger partial charge on any atom is -0.497 e. The van der Waals surface area contributed by atoms with Gasteiger partial charge in [0.05, 0.1) is 25.8 Å². The average molecular weight is 402 g/mol. The second-order valence-corrected chi connectivity index (χ2v) is 6.85. The molecular weight excluding hydrogens is 378 g/mol. The van der Waals surface area contributed by atoms with Crippen molar-refractivity contribution in [1.29, 1.82) is 0 Å². The van der Waals surface area contributed by atoms with Gasteiger partial charge in [-0.3, -0.25) is 4.79 Å². The molecule has 6 heteroatoms. The zero-order valence-electron chi connectivity index (χ0n) is 16.3. The first-order valence-corrected chi connectivity index (χ1v) is 9.56. The molecule has 1 aliphatic rings. The Kier molecular flexibility index (Phi) is 6.47. The van der Waals surface area contributed by atoms with Crippen LogP contribution < -0.4 is 14.2 Å². The van der Waals surface area contributed by atoms with Gasteiger partial charge in [0.1, 0.15) is 5.75 Å². The van der Waals surface area contributed by atoms with Gasteiger partial charge in [0.2, 0.25) is 5.91 Å². The summed E-state index contributed by atoms with van der Waals surface area (Å²) in [4.78, 5) is 14.5. The maximum absolute atomic E-state index is 12.7. The number of hydrogen-bond donors (Lipinski definition) is 0. The molecule has 2 aromatic rings. The van der Waals surface area contributed by atoms with Crippen LogP contribution in [-0.4, -0.2) is 38.2 Å². The average Bonchev–Trinajstić information content (AvgIpc) is 2.71. The van der Waals surface area contributed by atoms with Crippen molar-refractivity contribution in [1.82, 2.24) is 4.90 Å². The van der Waals surface area contributed by atoms with Gasteiger partial charge in [0.15, 0.2) is 11.5 Å². The summed E-state index contributed by atoms with van der Waals surface area (Å²) in [6.07, 6.45) is 4.15. The highest BCUT2D eigenvalue weighted by atomic mass is 35.5. The zero-order valence-corrected chi connectivity index (χ0v) is 17.1. The van der Waals surface area contributed by atoms with Gasteiger partial charge in [-0.2, -0.15) is 0 Å². The van der Waals surface area contributed by atoms with E-state index < -0.39 is 0 Å². The van der Waals surface area contributed by atoms with Gasteiger partial charge in [-0.25, -0.2) is 0 Å². The van der Waals surface area contributed by atoms with Crippen LogP contribution in [0.15, 0.2) is 36.4 Å². The van der Waals surface area contributed by atoms with Crippen LogP contribution in [0.25, 0.3) is 6.08 Å². The molecule has 3 rings (SSSR count). The SMILES string of the molecule is CCOc1cc(/C=C/C(=O)N2CCc3ccc(OC)cc3C2)cc(Cl)c1OC. The van der Waals surface area contributed by atoms with Crippen molar-refractivity contribution in [3.63, 3.8) is 0 Å². The normalized spacial score (nSPS) is 13.4. The molecule has 1 heterocycles. The molecule has 28 heavy (non-hydrogen) atoms. The van der Waals surface area contributed by atoms with Crippen LogP contribution in [0.1, 0.15) is 23.6 Å². The van der Waals surface area contributed by atoms with E-state index in [-0.39, 0.29) is 5.91 Å². The maximum Gasteiger partial charge on any atom is 0.246 e. The zero-order chi connectivity index (χ0) is 20.1. The predicted molar refractivity (Wildman–Crippen MR) is 110 cm³/mol. The van der Waals surface area contributed by atoms with Crippen LogP contribution in [0, 0.1) is 0 Å². The molecule has 0 aliphatic carbocycles. The number of rotatable bonds is 6. The molecule has 0 unspecified atom stereocenters. The summed E-state index contributed by atoms with van der Waals surface area (Å²) in [7, 11) is 3.19. The smallest absolute Gasteiger partial charge is 0.246 e. The molecule has 0 aromatic heterocycles. The lowest BCUT2D eigenvalue weighted by atomic mass is 9.99. The second kappa shape index (κ2) is 9.02. The Bertz CT molecular complexity index is 894. The van der Waals surface area contributed by atoms with E-state index in [1.165, 1.54) is 5.56 Å². The fourth-order valence-corrected chi connectivity index (χ4v) is 3.56. The highest BCUT2D eigenvalue weighted by Crippen LogP contribution is 2.36. The van der Waals surface area contributed by atoms with Gasteiger partial charge >= 0.3 is 0 Å². The molecule has 0 bridgehead atoms. The van der Waals surface area contributed by atoms with E-state index in [1.54, 1.807) is 32.4 Å².